The van der Waals surface area contributed by atoms with E-state index in [4.69, 9.17) is 16.3 Å². The maximum Gasteiger partial charge on any atom is 0.412 e. The Bertz CT molecular complexity index is 786. The normalized spacial score (nSPS) is 10.9. The van der Waals surface area contributed by atoms with Gasteiger partial charge in [0.1, 0.15) is 11.4 Å². The summed E-state index contributed by atoms with van der Waals surface area (Å²) in [6.45, 7) is 5.30. The monoisotopic (exact) mass is 364 g/mol. The summed E-state index contributed by atoms with van der Waals surface area (Å²) in [7, 11) is 0. The van der Waals surface area contributed by atoms with Gasteiger partial charge >= 0.3 is 6.09 Å². The molecule has 2 N–H and O–H groups in total. The highest BCUT2D eigenvalue weighted by Gasteiger charge is 2.16. The Kier molecular flexibility index (Phi) is 5.64. The quantitative estimate of drug-likeness (QED) is 0.798. The second-order valence-electron chi connectivity index (χ2n) is 6.29. The second-order valence-corrected chi connectivity index (χ2v) is 6.69. The van der Waals surface area contributed by atoms with Crippen molar-refractivity contribution in [1.82, 2.24) is 0 Å². The van der Waals surface area contributed by atoms with Gasteiger partial charge in [-0.1, -0.05) is 11.6 Å². The molecule has 0 radical (unpaired) electrons. The average Bonchev–Trinajstić information content (AvgIpc) is 2.49. The number of hydrogen-bond acceptors (Lipinski definition) is 3. The van der Waals surface area contributed by atoms with Gasteiger partial charge in [-0.25, -0.2) is 9.18 Å². The van der Waals surface area contributed by atoms with Gasteiger partial charge in [0, 0.05) is 16.9 Å². The first-order valence-electron chi connectivity index (χ1n) is 7.50. The Morgan fingerprint density at radius 3 is 2.16 bits per heavy atom. The van der Waals surface area contributed by atoms with Crippen LogP contribution in [0.5, 0.6) is 0 Å². The van der Waals surface area contributed by atoms with Crippen molar-refractivity contribution in [1.29, 1.82) is 0 Å². The highest BCUT2D eigenvalue weighted by Crippen LogP contribution is 2.20. The lowest BCUT2D eigenvalue weighted by Gasteiger charge is -2.19. The van der Waals surface area contributed by atoms with E-state index in [0.717, 1.165) is 0 Å². The van der Waals surface area contributed by atoms with Crippen molar-refractivity contribution < 1.29 is 18.7 Å². The second kappa shape index (κ2) is 7.53. The summed E-state index contributed by atoms with van der Waals surface area (Å²) in [4.78, 5) is 23.9. The molecule has 0 atom stereocenters. The third kappa shape index (κ3) is 5.76. The number of hydrogen-bond donors (Lipinski definition) is 2. The van der Waals surface area contributed by atoms with Crippen molar-refractivity contribution in [3.05, 3.63) is 58.9 Å². The molecular weight excluding hydrogens is 347 g/mol. The van der Waals surface area contributed by atoms with E-state index >= 15 is 0 Å². The van der Waals surface area contributed by atoms with E-state index < -0.39 is 17.5 Å². The highest BCUT2D eigenvalue weighted by molar-refractivity contribution is 6.31. The van der Waals surface area contributed by atoms with Crippen molar-refractivity contribution in [3.63, 3.8) is 0 Å². The van der Waals surface area contributed by atoms with E-state index in [0.29, 0.717) is 16.9 Å². The summed E-state index contributed by atoms with van der Waals surface area (Å²) in [6.07, 6.45) is -0.578. The van der Waals surface area contributed by atoms with E-state index in [-0.39, 0.29) is 10.9 Å². The van der Waals surface area contributed by atoms with Crippen LogP contribution in [0.15, 0.2) is 42.5 Å². The fourth-order valence-electron chi connectivity index (χ4n) is 1.90. The fraction of sp³-hybridized carbons (Fsp3) is 0.222. The van der Waals surface area contributed by atoms with Crippen LogP contribution in [-0.4, -0.2) is 17.6 Å². The third-order valence-electron chi connectivity index (χ3n) is 2.97. The van der Waals surface area contributed by atoms with Crippen LogP contribution in [0.2, 0.25) is 5.02 Å². The zero-order valence-corrected chi connectivity index (χ0v) is 14.8. The number of nitrogens with one attached hydrogen (secondary N) is 2. The molecule has 0 aliphatic heterocycles. The molecule has 0 aromatic heterocycles. The van der Waals surface area contributed by atoms with Gasteiger partial charge in [0.15, 0.2) is 0 Å². The molecule has 0 saturated heterocycles. The highest BCUT2D eigenvalue weighted by atomic mass is 35.5. The molecule has 2 aromatic rings. The Labute approximate surface area is 150 Å². The third-order valence-corrected chi connectivity index (χ3v) is 3.26. The minimum absolute atomic E-state index is 0.0743. The van der Waals surface area contributed by atoms with Gasteiger partial charge in [-0.15, -0.1) is 0 Å². The average molecular weight is 365 g/mol. The van der Waals surface area contributed by atoms with Gasteiger partial charge in [-0.3, -0.25) is 10.1 Å². The lowest BCUT2D eigenvalue weighted by Crippen LogP contribution is -2.27. The standard InChI is InChI=1S/C18H18ClFN2O3/c1-18(2,3)25-17(24)22-12-6-4-11(5-7-12)16(23)21-13-8-9-15(20)14(19)10-13/h4-10H,1-3H3,(H,21,23)(H,22,24). The first-order valence-corrected chi connectivity index (χ1v) is 7.88. The molecule has 5 nitrogen and oxygen atoms in total. The molecule has 2 aromatic carbocycles. The molecule has 132 valence electrons. The van der Waals surface area contributed by atoms with Crippen molar-refractivity contribution in [2.75, 3.05) is 10.6 Å². The zero-order chi connectivity index (χ0) is 18.6. The number of rotatable bonds is 3. The molecule has 2 amide bonds. The number of benzene rings is 2. The maximum atomic E-state index is 13.1. The van der Waals surface area contributed by atoms with E-state index in [9.17, 15) is 14.0 Å². The van der Waals surface area contributed by atoms with Crippen LogP contribution in [0.25, 0.3) is 0 Å². The van der Waals surface area contributed by atoms with Crippen LogP contribution in [0, 0.1) is 5.82 Å². The molecule has 0 heterocycles. The predicted molar refractivity (Wildman–Crippen MR) is 95.7 cm³/mol. The molecule has 0 aliphatic rings. The SMILES string of the molecule is CC(C)(C)OC(=O)Nc1ccc(C(=O)Nc2ccc(F)c(Cl)c2)cc1. The summed E-state index contributed by atoms with van der Waals surface area (Å²) in [5.41, 5.74) is 0.651. The summed E-state index contributed by atoms with van der Waals surface area (Å²) in [5, 5.41) is 5.12. The van der Waals surface area contributed by atoms with E-state index in [1.54, 1.807) is 45.0 Å². The van der Waals surface area contributed by atoms with Crippen LogP contribution in [0.1, 0.15) is 31.1 Å². The minimum Gasteiger partial charge on any atom is -0.444 e. The number of carbonyl (C=O) groups excluding carboxylic acids is 2. The van der Waals surface area contributed by atoms with Crippen LogP contribution in [-0.2, 0) is 4.74 Å². The van der Waals surface area contributed by atoms with Crippen LogP contribution in [0.3, 0.4) is 0 Å². The topological polar surface area (TPSA) is 67.4 Å². The largest absolute Gasteiger partial charge is 0.444 e. The van der Waals surface area contributed by atoms with Gasteiger partial charge < -0.3 is 10.1 Å². The smallest absolute Gasteiger partial charge is 0.412 e. The predicted octanol–water partition coefficient (Wildman–Crippen LogP) is 5.08. The Hall–Kier alpha value is -2.60. The Morgan fingerprint density at radius 1 is 1.00 bits per heavy atom. The summed E-state index contributed by atoms with van der Waals surface area (Å²) in [5.74, 6) is -0.941. The summed E-state index contributed by atoms with van der Waals surface area (Å²) >= 11 is 5.68. The number of ether oxygens (including phenoxy) is 1. The van der Waals surface area contributed by atoms with Crippen molar-refractivity contribution >= 4 is 35.0 Å². The van der Waals surface area contributed by atoms with Gasteiger partial charge in [0.2, 0.25) is 0 Å². The molecule has 0 spiro atoms. The minimum atomic E-state index is -0.597. The van der Waals surface area contributed by atoms with Crippen LogP contribution in [0.4, 0.5) is 20.6 Å². The molecule has 7 heteroatoms. The first kappa shape index (κ1) is 18.7. The number of amides is 2. The Balaban J connectivity index is 2.00. The molecule has 0 unspecified atom stereocenters. The molecule has 0 fully saturated rings. The molecule has 0 aliphatic carbocycles. The van der Waals surface area contributed by atoms with Crippen LogP contribution >= 0.6 is 11.6 Å². The molecule has 0 saturated carbocycles. The Morgan fingerprint density at radius 2 is 1.60 bits per heavy atom. The van der Waals surface area contributed by atoms with E-state index in [2.05, 4.69) is 10.6 Å². The van der Waals surface area contributed by atoms with Gasteiger partial charge in [0.25, 0.3) is 5.91 Å². The number of anilines is 2. The van der Waals surface area contributed by atoms with E-state index in [1.165, 1.54) is 18.2 Å². The van der Waals surface area contributed by atoms with Gasteiger partial charge in [-0.05, 0) is 63.2 Å². The first-order chi connectivity index (χ1) is 11.6. The molecule has 0 bridgehead atoms. The van der Waals surface area contributed by atoms with Gasteiger partial charge in [-0.2, -0.15) is 0 Å². The lowest BCUT2D eigenvalue weighted by atomic mass is 10.2. The number of carbonyl (C=O) groups is 2. The zero-order valence-electron chi connectivity index (χ0n) is 14.0. The van der Waals surface area contributed by atoms with Crippen molar-refractivity contribution in [2.45, 2.75) is 26.4 Å². The van der Waals surface area contributed by atoms with E-state index in [1.807, 2.05) is 0 Å². The molecular formula is C18H18ClFN2O3. The lowest BCUT2D eigenvalue weighted by molar-refractivity contribution is 0.0636. The maximum absolute atomic E-state index is 13.1. The molecule has 2 rings (SSSR count). The number of halogens is 2. The van der Waals surface area contributed by atoms with Crippen LogP contribution < -0.4 is 10.6 Å². The molecule has 25 heavy (non-hydrogen) atoms. The summed E-state index contributed by atoms with van der Waals surface area (Å²) in [6, 6.07) is 10.2. The van der Waals surface area contributed by atoms with Crippen molar-refractivity contribution in [3.8, 4) is 0 Å². The summed E-state index contributed by atoms with van der Waals surface area (Å²) < 4.78 is 18.3. The van der Waals surface area contributed by atoms with Crippen molar-refractivity contribution in [2.24, 2.45) is 0 Å². The van der Waals surface area contributed by atoms with Gasteiger partial charge in [0.05, 0.1) is 5.02 Å². The fourth-order valence-corrected chi connectivity index (χ4v) is 2.08.